The summed E-state index contributed by atoms with van der Waals surface area (Å²) in [7, 11) is -1.39. The maximum atomic E-state index is 12.4. The van der Waals surface area contributed by atoms with Crippen molar-refractivity contribution in [2.24, 2.45) is 11.3 Å². The first kappa shape index (κ1) is 16.1. The van der Waals surface area contributed by atoms with Gasteiger partial charge >= 0.3 is 0 Å². The van der Waals surface area contributed by atoms with Crippen molar-refractivity contribution in [1.29, 1.82) is 0 Å². The Kier molecular flexibility index (Phi) is 4.48. The number of carbonyl (C=O) groups is 1. The summed E-state index contributed by atoms with van der Waals surface area (Å²) in [5, 5.41) is 0. The Morgan fingerprint density at radius 2 is 2.10 bits per heavy atom. The molecule has 0 aromatic rings. The lowest BCUT2D eigenvalue weighted by molar-refractivity contribution is -0.154. The molecule has 1 saturated heterocycles. The number of allylic oxidation sites excluding steroid dienone is 3. The summed E-state index contributed by atoms with van der Waals surface area (Å²) in [6.45, 7) is 11.9. The molecule has 3 atom stereocenters. The van der Waals surface area contributed by atoms with Crippen molar-refractivity contribution in [3.05, 3.63) is 24.3 Å². The molecule has 2 nitrogen and oxygen atoms in total. The van der Waals surface area contributed by atoms with Gasteiger partial charge in [0.25, 0.3) is 0 Å². The molecule has 0 aromatic heterocycles. The Hall–Kier alpha value is -1.27. The second kappa shape index (κ2) is 5.85. The summed E-state index contributed by atoms with van der Waals surface area (Å²) in [5.41, 5.74) is 3.51. The minimum absolute atomic E-state index is 0.0578. The molecule has 0 radical (unpaired) electrons. The van der Waals surface area contributed by atoms with Crippen LogP contribution in [0, 0.1) is 22.8 Å². The van der Waals surface area contributed by atoms with E-state index in [9.17, 15) is 4.79 Å². The van der Waals surface area contributed by atoms with Gasteiger partial charge in [-0.3, -0.25) is 4.79 Å². The molecule has 2 rings (SSSR count). The van der Waals surface area contributed by atoms with Gasteiger partial charge in [0.2, 0.25) is 5.91 Å². The van der Waals surface area contributed by atoms with Gasteiger partial charge in [-0.15, -0.1) is 5.54 Å². The molecule has 1 aliphatic heterocycles. The van der Waals surface area contributed by atoms with Crippen LogP contribution in [0.4, 0.5) is 0 Å². The van der Waals surface area contributed by atoms with Crippen LogP contribution in [0.5, 0.6) is 0 Å². The Morgan fingerprint density at radius 1 is 1.38 bits per heavy atom. The van der Waals surface area contributed by atoms with Crippen LogP contribution in [0.2, 0.25) is 19.6 Å². The molecule has 1 fully saturated rings. The molecule has 3 heteroatoms. The van der Waals surface area contributed by atoms with Crippen molar-refractivity contribution in [1.82, 2.24) is 4.90 Å². The van der Waals surface area contributed by atoms with Gasteiger partial charge in [-0.25, -0.2) is 0 Å². The van der Waals surface area contributed by atoms with E-state index in [0.29, 0.717) is 0 Å². The second-order valence-corrected chi connectivity index (χ2v) is 12.3. The smallest absolute Gasteiger partial charge is 0.229 e. The zero-order valence-corrected chi connectivity index (χ0v) is 14.9. The minimum atomic E-state index is -1.39. The maximum absolute atomic E-state index is 12.4. The quantitative estimate of drug-likeness (QED) is 0.443. The first-order valence-corrected chi connectivity index (χ1v) is 11.4. The lowest BCUT2D eigenvalue weighted by Gasteiger charge is -2.48. The third-order valence-electron chi connectivity index (χ3n) is 4.21. The number of hydrogen-bond acceptors (Lipinski definition) is 1. The van der Waals surface area contributed by atoms with Crippen molar-refractivity contribution >= 4 is 14.0 Å². The molecule has 0 N–H and O–H groups in total. The first-order chi connectivity index (χ1) is 9.76. The fraction of sp³-hybridized carbons (Fsp3) is 0.611. The second-order valence-electron chi connectivity index (χ2n) is 7.59. The summed E-state index contributed by atoms with van der Waals surface area (Å²) in [6, 6.07) is 0.130. The van der Waals surface area contributed by atoms with E-state index in [2.05, 4.69) is 69.3 Å². The van der Waals surface area contributed by atoms with E-state index in [4.69, 9.17) is 0 Å². The Morgan fingerprint density at radius 3 is 2.62 bits per heavy atom. The number of β-lactam (4-membered cyclic amide) rings is 1. The van der Waals surface area contributed by atoms with Crippen molar-refractivity contribution in [3.63, 3.8) is 0 Å². The number of amides is 1. The Bertz CT molecular complexity index is 532. The predicted molar refractivity (Wildman–Crippen MR) is 91.4 cm³/mol. The molecule has 114 valence electrons. The van der Waals surface area contributed by atoms with E-state index in [1.807, 2.05) is 4.90 Å². The molecular weight excluding hydrogens is 274 g/mol. The van der Waals surface area contributed by atoms with E-state index >= 15 is 0 Å². The Labute approximate surface area is 130 Å². The van der Waals surface area contributed by atoms with Gasteiger partial charge in [0.15, 0.2) is 0 Å². The summed E-state index contributed by atoms with van der Waals surface area (Å²) in [4.78, 5) is 14.4. The van der Waals surface area contributed by atoms with Crippen LogP contribution in [0.25, 0.3) is 0 Å². The van der Waals surface area contributed by atoms with Gasteiger partial charge in [0.1, 0.15) is 14.1 Å². The standard InChI is InChI=1S/C18H27NOSi/c1-6-15-16(10-13-21(3,4)5)19(17(15)20)14-18(2)11-8-7-9-12-18/h7-9,11,15-16H,6,12,14H2,1-5H3/t15-,16-,18-/m1/s1. The molecular formula is C18H27NOSi. The highest BCUT2D eigenvalue weighted by Crippen LogP contribution is 2.36. The van der Waals surface area contributed by atoms with E-state index in [-0.39, 0.29) is 23.3 Å². The van der Waals surface area contributed by atoms with Gasteiger partial charge in [-0.05, 0) is 12.8 Å². The van der Waals surface area contributed by atoms with Crippen LogP contribution in [-0.4, -0.2) is 31.5 Å². The van der Waals surface area contributed by atoms with Crippen molar-refractivity contribution in [3.8, 4) is 11.5 Å². The lowest BCUT2D eigenvalue weighted by Crippen LogP contribution is -2.62. The Balaban J connectivity index is 2.13. The van der Waals surface area contributed by atoms with Gasteiger partial charge in [-0.1, -0.05) is 63.7 Å². The number of carbonyl (C=O) groups excluding carboxylic acids is 1. The average molecular weight is 302 g/mol. The molecule has 1 amide bonds. The fourth-order valence-electron chi connectivity index (χ4n) is 2.94. The monoisotopic (exact) mass is 301 g/mol. The SMILES string of the molecule is CC[C@H]1C(=O)N(C[C@]2(C)C=CC=CC2)[C@@H]1C#C[Si](C)(C)C. The summed E-state index contributed by atoms with van der Waals surface area (Å²) in [5.74, 6) is 3.82. The third kappa shape index (κ3) is 3.68. The molecule has 0 aromatic carbocycles. The number of hydrogen-bond donors (Lipinski definition) is 0. The summed E-state index contributed by atoms with van der Waals surface area (Å²) >= 11 is 0. The molecule has 2 aliphatic rings. The maximum Gasteiger partial charge on any atom is 0.229 e. The molecule has 0 bridgehead atoms. The van der Waals surface area contributed by atoms with Crippen LogP contribution in [0.3, 0.4) is 0 Å². The van der Waals surface area contributed by atoms with Gasteiger partial charge in [-0.2, -0.15) is 0 Å². The molecule has 0 spiro atoms. The lowest BCUT2D eigenvalue weighted by atomic mass is 9.78. The van der Waals surface area contributed by atoms with Gasteiger partial charge < -0.3 is 4.90 Å². The van der Waals surface area contributed by atoms with E-state index in [0.717, 1.165) is 19.4 Å². The third-order valence-corrected chi connectivity index (χ3v) is 5.11. The van der Waals surface area contributed by atoms with E-state index in [1.165, 1.54) is 0 Å². The van der Waals surface area contributed by atoms with Crippen LogP contribution in [0.1, 0.15) is 26.7 Å². The molecule has 0 unspecified atom stereocenters. The molecule has 0 saturated carbocycles. The van der Waals surface area contributed by atoms with Crippen LogP contribution in [0.15, 0.2) is 24.3 Å². The van der Waals surface area contributed by atoms with Crippen molar-refractivity contribution in [2.75, 3.05) is 6.54 Å². The summed E-state index contributed by atoms with van der Waals surface area (Å²) < 4.78 is 0. The van der Waals surface area contributed by atoms with E-state index in [1.54, 1.807) is 0 Å². The van der Waals surface area contributed by atoms with E-state index < -0.39 is 8.07 Å². The van der Waals surface area contributed by atoms with Gasteiger partial charge in [0.05, 0.1) is 5.92 Å². The highest BCUT2D eigenvalue weighted by Gasteiger charge is 2.47. The number of nitrogens with zero attached hydrogens (tertiary/aromatic N) is 1. The number of rotatable bonds is 3. The minimum Gasteiger partial charge on any atom is -0.327 e. The highest BCUT2D eigenvalue weighted by molar-refractivity contribution is 6.83. The van der Waals surface area contributed by atoms with Crippen molar-refractivity contribution < 1.29 is 4.79 Å². The topological polar surface area (TPSA) is 20.3 Å². The van der Waals surface area contributed by atoms with Crippen molar-refractivity contribution in [2.45, 2.75) is 52.4 Å². The normalized spacial score (nSPS) is 31.7. The highest BCUT2D eigenvalue weighted by atomic mass is 28.3. The fourth-order valence-corrected chi connectivity index (χ4v) is 3.52. The van der Waals surface area contributed by atoms with Crippen LogP contribution >= 0.6 is 0 Å². The zero-order chi connectivity index (χ0) is 15.7. The first-order valence-electron chi connectivity index (χ1n) is 7.93. The number of likely N-dealkylation sites (tertiary alicyclic amines) is 1. The van der Waals surface area contributed by atoms with Crippen LogP contribution < -0.4 is 0 Å². The molecule has 1 aliphatic carbocycles. The van der Waals surface area contributed by atoms with Gasteiger partial charge in [0, 0.05) is 12.0 Å². The molecule has 21 heavy (non-hydrogen) atoms. The predicted octanol–water partition coefficient (Wildman–Crippen LogP) is 3.63. The largest absolute Gasteiger partial charge is 0.327 e. The molecule has 1 heterocycles. The zero-order valence-electron chi connectivity index (χ0n) is 13.9. The summed E-state index contributed by atoms with van der Waals surface area (Å²) in [6.07, 6.45) is 10.5. The average Bonchev–Trinajstić information content (AvgIpc) is 2.40. The van der Waals surface area contributed by atoms with Crippen LogP contribution in [-0.2, 0) is 4.79 Å².